The molecule has 1 aliphatic carbocycles. The quantitative estimate of drug-likeness (QED) is 0.545. The summed E-state index contributed by atoms with van der Waals surface area (Å²) >= 11 is 0. The maximum atomic E-state index is 2.42. The fraction of sp³-hybridized carbons (Fsp3) is 1.00. The summed E-state index contributed by atoms with van der Waals surface area (Å²) in [5, 5.41) is 0. The molecule has 64 valence electrons. The maximum absolute atomic E-state index is 2.42. The number of hydrogen-bond donors (Lipinski definition) is 0. The highest BCUT2D eigenvalue weighted by atomic mass is 14.3. The van der Waals surface area contributed by atoms with Gasteiger partial charge in [0.25, 0.3) is 0 Å². The zero-order valence-corrected chi connectivity index (χ0v) is 8.27. The van der Waals surface area contributed by atoms with E-state index in [1.807, 2.05) is 0 Å². The van der Waals surface area contributed by atoms with Gasteiger partial charge in [0.1, 0.15) is 7.85 Å². The summed E-state index contributed by atoms with van der Waals surface area (Å²) < 4.78 is 0. The van der Waals surface area contributed by atoms with E-state index >= 15 is 0 Å². The van der Waals surface area contributed by atoms with Gasteiger partial charge in [0.2, 0.25) is 0 Å². The molecule has 0 aromatic rings. The lowest BCUT2D eigenvalue weighted by molar-refractivity contribution is 0.352. The number of hydrogen-bond acceptors (Lipinski definition) is 0. The molecule has 0 saturated heterocycles. The first-order valence-electron chi connectivity index (χ1n) is 5.27. The third-order valence-electron chi connectivity index (χ3n) is 3.26. The van der Waals surface area contributed by atoms with Crippen LogP contribution in [0.5, 0.6) is 0 Å². The smallest absolute Gasteiger partial charge is 0.0692 e. The summed E-state index contributed by atoms with van der Waals surface area (Å²) in [4.78, 5) is 0. The molecule has 1 fully saturated rings. The predicted octanol–water partition coefficient (Wildman–Crippen LogP) is 2.64. The molecule has 0 aromatic carbocycles. The Bertz CT molecular complexity index is 111. The van der Waals surface area contributed by atoms with Crippen molar-refractivity contribution in [2.24, 2.45) is 11.8 Å². The molecule has 0 N–H and O–H groups in total. The van der Waals surface area contributed by atoms with Crippen molar-refractivity contribution in [1.82, 2.24) is 0 Å². The van der Waals surface area contributed by atoms with Crippen LogP contribution in [0.4, 0.5) is 0 Å². The normalized spacial score (nSPS) is 37.8. The topological polar surface area (TPSA) is 0 Å². The Balaban J connectivity index is 2.37. The molecular formula is C10H21B. The van der Waals surface area contributed by atoms with Crippen LogP contribution in [0.1, 0.15) is 46.0 Å². The summed E-state index contributed by atoms with van der Waals surface area (Å²) in [6, 6.07) is 0. The van der Waals surface area contributed by atoms with E-state index in [0.717, 1.165) is 17.7 Å². The standard InChI is InChI=1S/C10H21B/c1-3-5-9-7-10(11)6-8(9)4-2/h8-10H,3-7,11H2,1-2H3. The molecule has 0 aromatic heterocycles. The third-order valence-corrected chi connectivity index (χ3v) is 3.26. The van der Waals surface area contributed by atoms with Crippen LogP contribution in [0, 0.1) is 11.8 Å². The first-order chi connectivity index (χ1) is 5.27. The van der Waals surface area contributed by atoms with E-state index in [9.17, 15) is 0 Å². The second kappa shape index (κ2) is 4.18. The predicted molar refractivity (Wildman–Crippen MR) is 53.7 cm³/mol. The molecule has 0 aliphatic heterocycles. The molecule has 0 spiro atoms. The van der Waals surface area contributed by atoms with Crippen LogP contribution in [-0.4, -0.2) is 7.85 Å². The van der Waals surface area contributed by atoms with Gasteiger partial charge in [-0.1, -0.05) is 51.8 Å². The van der Waals surface area contributed by atoms with Gasteiger partial charge < -0.3 is 0 Å². The molecule has 0 amide bonds. The van der Waals surface area contributed by atoms with Gasteiger partial charge in [-0.2, -0.15) is 0 Å². The second-order valence-electron chi connectivity index (χ2n) is 4.29. The molecule has 1 heteroatoms. The van der Waals surface area contributed by atoms with Crippen LogP contribution in [0.15, 0.2) is 0 Å². The summed E-state index contributed by atoms with van der Waals surface area (Å²) in [5.74, 6) is 3.14. The first-order valence-corrected chi connectivity index (χ1v) is 5.27. The molecule has 0 bridgehead atoms. The van der Waals surface area contributed by atoms with Gasteiger partial charge in [0.15, 0.2) is 0 Å². The van der Waals surface area contributed by atoms with Gasteiger partial charge in [-0.25, -0.2) is 0 Å². The highest BCUT2D eigenvalue weighted by molar-refractivity contribution is 6.11. The van der Waals surface area contributed by atoms with Gasteiger partial charge >= 0.3 is 0 Å². The van der Waals surface area contributed by atoms with Gasteiger partial charge in [0.05, 0.1) is 0 Å². The van der Waals surface area contributed by atoms with Crippen molar-refractivity contribution < 1.29 is 0 Å². The lowest BCUT2D eigenvalue weighted by Gasteiger charge is -2.16. The lowest BCUT2D eigenvalue weighted by atomic mass is 9.85. The Hall–Kier alpha value is 0.0649. The minimum absolute atomic E-state index is 1.01. The van der Waals surface area contributed by atoms with Crippen LogP contribution >= 0.6 is 0 Å². The van der Waals surface area contributed by atoms with Gasteiger partial charge in [0, 0.05) is 0 Å². The molecule has 1 aliphatic rings. The van der Waals surface area contributed by atoms with Crippen LogP contribution in [-0.2, 0) is 0 Å². The van der Waals surface area contributed by atoms with E-state index in [0.29, 0.717) is 0 Å². The van der Waals surface area contributed by atoms with Crippen molar-refractivity contribution in [2.45, 2.75) is 51.8 Å². The van der Waals surface area contributed by atoms with Crippen LogP contribution in [0.3, 0.4) is 0 Å². The zero-order valence-electron chi connectivity index (χ0n) is 8.27. The van der Waals surface area contributed by atoms with Crippen LogP contribution in [0.25, 0.3) is 0 Å². The summed E-state index contributed by atoms with van der Waals surface area (Å²) in [6.07, 6.45) is 7.28. The SMILES string of the molecule is BC1CC(CC)C(CCC)C1. The Kier molecular flexibility index (Phi) is 3.48. The van der Waals surface area contributed by atoms with Crippen molar-refractivity contribution >= 4 is 7.85 Å². The van der Waals surface area contributed by atoms with Gasteiger partial charge in [-0.3, -0.25) is 0 Å². The molecule has 1 rings (SSSR count). The fourth-order valence-electron chi connectivity index (χ4n) is 2.74. The monoisotopic (exact) mass is 152 g/mol. The molecule has 11 heavy (non-hydrogen) atoms. The minimum atomic E-state index is 1.01. The highest BCUT2D eigenvalue weighted by Gasteiger charge is 2.29. The van der Waals surface area contributed by atoms with E-state index < -0.39 is 0 Å². The second-order valence-corrected chi connectivity index (χ2v) is 4.29. The van der Waals surface area contributed by atoms with Crippen molar-refractivity contribution in [3.05, 3.63) is 0 Å². The van der Waals surface area contributed by atoms with E-state index in [1.165, 1.54) is 32.1 Å². The fourth-order valence-corrected chi connectivity index (χ4v) is 2.74. The zero-order chi connectivity index (χ0) is 8.27. The average Bonchev–Trinajstić information content (AvgIpc) is 2.32. The molecule has 3 unspecified atom stereocenters. The van der Waals surface area contributed by atoms with E-state index in [-0.39, 0.29) is 0 Å². The maximum Gasteiger partial charge on any atom is 0.105 e. The van der Waals surface area contributed by atoms with Crippen molar-refractivity contribution in [3.8, 4) is 0 Å². The number of rotatable bonds is 3. The first kappa shape index (κ1) is 9.16. The molecule has 0 radical (unpaired) electrons. The molecular weight excluding hydrogens is 131 g/mol. The lowest BCUT2D eigenvalue weighted by Crippen LogP contribution is -2.05. The molecule has 1 saturated carbocycles. The van der Waals surface area contributed by atoms with Gasteiger partial charge in [-0.05, 0) is 11.8 Å². The third kappa shape index (κ3) is 2.25. The van der Waals surface area contributed by atoms with E-state index in [1.54, 1.807) is 0 Å². The summed E-state index contributed by atoms with van der Waals surface area (Å²) in [6.45, 7) is 4.67. The van der Waals surface area contributed by atoms with Crippen LogP contribution < -0.4 is 0 Å². The summed E-state index contributed by atoms with van der Waals surface area (Å²) in [7, 11) is 2.42. The van der Waals surface area contributed by atoms with Crippen molar-refractivity contribution in [3.63, 3.8) is 0 Å². The Labute approximate surface area is 72.2 Å². The van der Waals surface area contributed by atoms with Crippen LogP contribution in [0.2, 0.25) is 5.82 Å². The van der Waals surface area contributed by atoms with E-state index in [2.05, 4.69) is 21.7 Å². The van der Waals surface area contributed by atoms with E-state index in [4.69, 9.17) is 0 Å². The molecule has 3 atom stereocenters. The molecule has 0 heterocycles. The van der Waals surface area contributed by atoms with Crippen molar-refractivity contribution in [2.75, 3.05) is 0 Å². The highest BCUT2D eigenvalue weighted by Crippen LogP contribution is 2.42. The minimum Gasteiger partial charge on any atom is -0.0692 e. The average molecular weight is 152 g/mol. The summed E-state index contributed by atoms with van der Waals surface area (Å²) in [5.41, 5.74) is 0. The largest absolute Gasteiger partial charge is 0.105 e. The Morgan fingerprint density at radius 3 is 2.36 bits per heavy atom. The van der Waals surface area contributed by atoms with Gasteiger partial charge in [-0.15, -0.1) is 0 Å². The molecule has 0 nitrogen and oxygen atoms in total. The van der Waals surface area contributed by atoms with Crippen molar-refractivity contribution in [1.29, 1.82) is 0 Å². The Morgan fingerprint density at radius 2 is 1.82 bits per heavy atom. The Morgan fingerprint density at radius 1 is 1.18 bits per heavy atom.